The molecule has 2 heterocycles. The number of aryl methyl sites for hydroxylation is 1. The fourth-order valence-electron chi connectivity index (χ4n) is 1.37. The number of aromatic nitrogens is 2. The fourth-order valence-corrected chi connectivity index (χ4v) is 1.37. The van der Waals surface area contributed by atoms with Crippen molar-refractivity contribution in [3.05, 3.63) is 47.9 Å². The van der Waals surface area contributed by atoms with Gasteiger partial charge in [0.25, 0.3) is 5.91 Å². The molecule has 2 rings (SSSR count). The average Bonchev–Trinajstić information content (AvgIpc) is 2.90. The molecular weight excluding hydrogens is 234 g/mol. The quantitative estimate of drug-likeness (QED) is 0.835. The third kappa shape index (κ3) is 2.92. The minimum Gasteiger partial charge on any atom is -0.467 e. The van der Waals surface area contributed by atoms with E-state index in [1.807, 2.05) is 0 Å². The van der Waals surface area contributed by atoms with Crippen LogP contribution in [0, 0.1) is 6.92 Å². The summed E-state index contributed by atoms with van der Waals surface area (Å²) >= 11 is 0. The number of carbonyl (C=O) groups excluding carboxylic acids is 1. The molecule has 0 saturated carbocycles. The van der Waals surface area contributed by atoms with E-state index in [1.54, 1.807) is 19.1 Å². The van der Waals surface area contributed by atoms with Crippen LogP contribution < -0.4 is 5.32 Å². The lowest BCUT2D eigenvalue weighted by molar-refractivity contribution is 0.0896. The summed E-state index contributed by atoms with van der Waals surface area (Å²) in [7, 11) is 0. The second-order valence-electron chi connectivity index (χ2n) is 3.78. The molecule has 94 valence electrons. The molecule has 18 heavy (non-hydrogen) atoms. The lowest BCUT2D eigenvalue weighted by atomic mass is 10.2. The van der Waals surface area contributed by atoms with Crippen LogP contribution in [0.5, 0.6) is 0 Å². The van der Waals surface area contributed by atoms with Crippen molar-refractivity contribution in [1.82, 2.24) is 15.3 Å². The number of hydrogen-bond donors (Lipinski definition) is 2. The summed E-state index contributed by atoms with van der Waals surface area (Å²) in [5.74, 6) is 0.0263. The van der Waals surface area contributed by atoms with Crippen LogP contribution in [0.15, 0.2) is 35.2 Å². The van der Waals surface area contributed by atoms with Gasteiger partial charge in [-0.15, -0.1) is 0 Å². The highest BCUT2D eigenvalue weighted by molar-refractivity contribution is 5.91. The first-order valence-corrected chi connectivity index (χ1v) is 5.45. The number of nitrogens with one attached hydrogen (secondary N) is 1. The Morgan fingerprint density at radius 2 is 2.33 bits per heavy atom. The predicted octanol–water partition coefficient (Wildman–Crippen LogP) is 0.841. The van der Waals surface area contributed by atoms with Crippen molar-refractivity contribution in [3.63, 3.8) is 0 Å². The number of aliphatic hydroxyl groups is 1. The van der Waals surface area contributed by atoms with Crippen molar-refractivity contribution >= 4 is 5.91 Å². The van der Waals surface area contributed by atoms with Crippen LogP contribution in [0.3, 0.4) is 0 Å². The minimum absolute atomic E-state index is 0.0574. The van der Waals surface area contributed by atoms with Gasteiger partial charge in [-0.1, -0.05) is 0 Å². The molecule has 6 heteroatoms. The largest absolute Gasteiger partial charge is 0.467 e. The van der Waals surface area contributed by atoms with E-state index >= 15 is 0 Å². The Bertz CT molecular complexity index is 508. The molecule has 1 unspecified atom stereocenters. The normalized spacial score (nSPS) is 12.1. The van der Waals surface area contributed by atoms with E-state index in [1.165, 1.54) is 18.7 Å². The van der Waals surface area contributed by atoms with Gasteiger partial charge in [0.2, 0.25) is 0 Å². The molecule has 0 saturated heterocycles. The van der Waals surface area contributed by atoms with Crippen LogP contribution in [-0.2, 0) is 0 Å². The van der Waals surface area contributed by atoms with Crippen molar-refractivity contribution in [2.45, 2.75) is 13.0 Å². The molecule has 2 aromatic rings. The maximum atomic E-state index is 11.7. The second kappa shape index (κ2) is 5.42. The van der Waals surface area contributed by atoms with Gasteiger partial charge in [0.1, 0.15) is 17.6 Å². The van der Waals surface area contributed by atoms with Gasteiger partial charge >= 0.3 is 0 Å². The van der Waals surface area contributed by atoms with Gasteiger partial charge in [0.15, 0.2) is 0 Å². The molecule has 0 fully saturated rings. The first kappa shape index (κ1) is 12.3. The number of hydrogen-bond acceptors (Lipinski definition) is 5. The Morgan fingerprint density at radius 3 is 2.94 bits per heavy atom. The maximum absolute atomic E-state index is 11.7. The van der Waals surface area contributed by atoms with Gasteiger partial charge in [0.05, 0.1) is 24.7 Å². The Hall–Kier alpha value is -2.21. The van der Waals surface area contributed by atoms with Crippen LogP contribution in [0.2, 0.25) is 0 Å². The Morgan fingerprint density at radius 1 is 1.50 bits per heavy atom. The summed E-state index contributed by atoms with van der Waals surface area (Å²) in [6.07, 6.45) is 3.50. The Kier molecular flexibility index (Phi) is 3.69. The van der Waals surface area contributed by atoms with Crippen molar-refractivity contribution in [2.24, 2.45) is 0 Å². The van der Waals surface area contributed by atoms with E-state index in [2.05, 4.69) is 15.3 Å². The molecule has 1 atom stereocenters. The van der Waals surface area contributed by atoms with E-state index in [0.29, 0.717) is 5.76 Å². The number of furan rings is 1. The fraction of sp³-hybridized carbons (Fsp3) is 0.250. The molecule has 6 nitrogen and oxygen atoms in total. The molecule has 0 aliphatic rings. The standard InChI is InChI=1S/C12H13N3O3/c1-8-5-14-9(6-13-8)12(17)15-7-10(16)11-3-2-4-18-11/h2-6,10,16H,7H2,1H3,(H,15,17). The minimum atomic E-state index is -0.873. The highest BCUT2D eigenvalue weighted by Gasteiger charge is 2.13. The van der Waals surface area contributed by atoms with Crippen LogP contribution in [0.4, 0.5) is 0 Å². The number of carbonyl (C=O) groups is 1. The van der Waals surface area contributed by atoms with Gasteiger partial charge in [-0.2, -0.15) is 0 Å². The summed E-state index contributed by atoms with van der Waals surface area (Å²) in [6.45, 7) is 1.84. The van der Waals surface area contributed by atoms with Crippen LogP contribution >= 0.6 is 0 Å². The van der Waals surface area contributed by atoms with Gasteiger partial charge in [-0.25, -0.2) is 4.98 Å². The monoisotopic (exact) mass is 247 g/mol. The molecule has 0 radical (unpaired) electrons. The third-order valence-corrected chi connectivity index (χ3v) is 2.34. The first-order chi connectivity index (χ1) is 8.66. The summed E-state index contributed by atoms with van der Waals surface area (Å²) in [5, 5.41) is 12.3. The number of rotatable bonds is 4. The second-order valence-corrected chi connectivity index (χ2v) is 3.78. The molecule has 0 aromatic carbocycles. The number of nitrogens with zero attached hydrogens (tertiary/aromatic N) is 2. The van der Waals surface area contributed by atoms with E-state index in [4.69, 9.17) is 4.42 Å². The van der Waals surface area contributed by atoms with Crippen LogP contribution in [-0.4, -0.2) is 27.5 Å². The predicted molar refractivity (Wildman–Crippen MR) is 62.8 cm³/mol. The average molecular weight is 247 g/mol. The van der Waals surface area contributed by atoms with Crippen molar-refractivity contribution in [2.75, 3.05) is 6.54 Å². The third-order valence-electron chi connectivity index (χ3n) is 2.34. The topological polar surface area (TPSA) is 88.2 Å². The van der Waals surface area contributed by atoms with Gasteiger partial charge in [0, 0.05) is 6.20 Å². The van der Waals surface area contributed by atoms with E-state index in [0.717, 1.165) is 5.69 Å². The summed E-state index contributed by atoms with van der Waals surface area (Å²) < 4.78 is 5.02. The lowest BCUT2D eigenvalue weighted by Crippen LogP contribution is -2.29. The van der Waals surface area contributed by atoms with Crippen molar-refractivity contribution in [1.29, 1.82) is 0 Å². The SMILES string of the molecule is Cc1cnc(C(=O)NCC(O)c2ccco2)cn1. The molecule has 0 aliphatic heterocycles. The lowest BCUT2D eigenvalue weighted by Gasteiger charge is -2.08. The Labute approximate surface area is 104 Å². The summed E-state index contributed by atoms with van der Waals surface area (Å²) in [5.41, 5.74) is 0.953. The highest BCUT2D eigenvalue weighted by atomic mass is 16.4. The number of amides is 1. The van der Waals surface area contributed by atoms with Gasteiger partial charge in [-0.05, 0) is 19.1 Å². The molecule has 2 N–H and O–H groups in total. The van der Waals surface area contributed by atoms with E-state index in [9.17, 15) is 9.90 Å². The van der Waals surface area contributed by atoms with Crippen molar-refractivity contribution < 1.29 is 14.3 Å². The van der Waals surface area contributed by atoms with Gasteiger partial charge < -0.3 is 14.8 Å². The van der Waals surface area contributed by atoms with E-state index < -0.39 is 6.10 Å². The molecule has 0 spiro atoms. The van der Waals surface area contributed by atoms with Crippen molar-refractivity contribution in [3.8, 4) is 0 Å². The summed E-state index contributed by atoms with van der Waals surface area (Å²) in [4.78, 5) is 19.6. The smallest absolute Gasteiger partial charge is 0.271 e. The first-order valence-electron chi connectivity index (χ1n) is 5.45. The highest BCUT2D eigenvalue weighted by Crippen LogP contribution is 2.11. The molecule has 2 aromatic heterocycles. The molecule has 1 amide bonds. The summed E-state index contributed by atoms with van der Waals surface area (Å²) in [6, 6.07) is 3.31. The van der Waals surface area contributed by atoms with E-state index in [-0.39, 0.29) is 18.1 Å². The Balaban J connectivity index is 1.90. The van der Waals surface area contributed by atoms with Crippen LogP contribution in [0.1, 0.15) is 28.0 Å². The van der Waals surface area contributed by atoms with Gasteiger partial charge in [-0.3, -0.25) is 9.78 Å². The maximum Gasteiger partial charge on any atom is 0.271 e. The molecule has 0 aliphatic carbocycles. The van der Waals surface area contributed by atoms with Crippen LogP contribution in [0.25, 0.3) is 0 Å². The zero-order valence-corrected chi connectivity index (χ0v) is 9.83. The zero-order chi connectivity index (χ0) is 13.0. The molecule has 0 bridgehead atoms. The molecular formula is C12H13N3O3. The zero-order valence-electron chi connectivity index (χ0n) is 9.83. The number of aliphatic hydroxyl groups excluding tert-OH is 1.